The molecule has 1 atom stereocenters. The molecule has 0 aliphatic carbocycles. The molecular weight excluding hydrogens is 202 g/mol. The minimum atomic E-state index is -0.636. The lowest BCUT2D eigenvalue weighted by atomic mass is 10.00. The van der Waals surface area contributed by atoms with Crippen molar-refractivity contribution in [3.8, 4) is 0 Å². The Morgan fingerprint density at radius 1 is 1.31 bits per heavy atom. The first-order valence-electron chi connectivity index (χ1n) is 5.57. The Bertz CT molecular complexity index is 334. The van der Waals surface area contributed by atoms with Gasteiger partial charge in [0.2, 0.25) is 0 Å². The van der Waals surface area contributed by atoms with Crippen LogP contribution >= 0.6 is 0 Å². The lowest BCUT2D eigenvalue weighted by Gasteiger charge is -2.30. The molecule has 0 saturated heterocycles. The van der Waals surface area contributed by atoms with E-state index in [9.17, 15) is 10.2 Å². The van der Waals surface area contributed by atoms with E-state index >= 15 is 0 Å². The van der Waals surface area contributed by atoms with Crippen LogP contribution in [0, 0.1) is 6.92 Å². The minimum absolute atomic E-state index is 0.0837. The number of aliphatic hydroxyl groups excluding tert-OH is 2. The predicted molar refractivity (Wildman–Crippen MR) is 65.3 cm³/mol. The number of rotatable bonds is 5. The van der Waals surface area contributed by atoms with Gasteiger partial charge in [-0.3, -0.25) is 0 Å². The maximum absolute atomic E-state index is 9.21. The molecule has 3 nitrogen and oxygen atoms in total. The van der Waals surface area contributed by atoms with E-state index < -0.39 is 5.54 Å². The molecule has 0 saturated carbocycles. The molecule has 0 amide bonds. The topological polar surface area (TPSA) is 52.5 Å². The van der Waals surface area contributed by atoms with Gasteiger partial charge in [-0.25, -0.2) is 0 Å². The summed E-state index contributed by atoms with van der Waals surface area (Å²) in [5, 5.41) is 21.7. The van der Waals surface area contributed by atoms with Crippen molar-refractivity contribution in [2.75, 3.05) is 13.2 Å². The Labute approximate surface area is 97.1 Å². The lowest BCUT2D eigenvalue weighted by Crippen LogP contribution is -2.49. The summed E-state index contributed by atoms with van der Waals surface area (Å²) in [4.78, 5) is 0. The van der Waals surface area contributed by atoms with Crippen molar-refractivity contribution in [3.63, 3.8) is 0 Å². The first kappa shape index (κ1) is 13.2. The Hall–Kier alpha value is -0.900. The van der Waals surface area contributed by atoms with Gasteiger partial charge in [-0.1, -0.05) is 29.8 Å². The molecule has 1 rings (SSSR count). The zero-order valence-electron chi connectivity index (χ0n) is 10.2. The van der Waals surface area contributed by atoms with E-state index in [-0.39, 0.29) is 19.3 Å². The van der Waals surface area contributed by atoms with Gasteiger partial charge in [-0.15, -0.1) is 0 Å². The molecule has 16 heavy (non-hydrogen) atoms. The van der Waals surface area contributed by atoms with Crippen molar-refractivity contribution in [2.24, 2.45) is 0 Å². The molecule has 0 spiro atoms. The Morgan fingerprint density at radius 3 is 2.44 bits per heavy atom. The second-order valence-electron chi connectivity index (χ2n) is 4.66. The highest BCUT2D eigenvalue weighted by atomic mass is 16.3. The standard InChI is InChI=1S/C13H21NO2/c1-10-5-4-6-12(7-10)11(2)14-13(3,8-15)9-16/h4-7,11,14-16H,8-9H2,1-3H3. The van der Waals surface area contributed by atoms with E-state index in [0.29, 0.717) is 0 Å². The van der Waals surface area contributed by atoms with Gasteiger partial charge in [-0.05, 0) is 26.3 Å². The number of nitrogens with one attached hydrogen (secondary N) is 1. The van der Waals surface area contributed by atoms with E-state index in [2.05, 4.69) is 11.4 Å². The fourth-order valence-electron chi connectivity index (χ4n) is 1.69. The second-order valence-corrected chi connectivity index (χ2v) is 4.66. The van der Waals surface area contributed by atoms with Gasteiger partial charge in [0.1, 0.15) is 0 Å². The van der Waals surface area contributed by atoms with Crippen LogP contribution in [0.5, 0.6) is 0 Å². The van der Waals surface area contributed by atoms with E-state index in [1.807, 2.05) is 32.0 Å². The highest BCUT2D eigenvalue weighted by molar-refractivity contribution is 5.24. The predicted octanol–water partition coefficient (Wildman–Crippen LogP) is 1.39. The van der Waals surface area contributed by atoms with Crippen LogP contribution < -0.4 is 5.32 Å². The van der Waals surface area contributed by atoms with Gasteiger partial charge in [0, 0.05) is 6.04 Å². The first-order valence-corrected chi connectivity index (χ1v) is 5.57. The molecule has 0 aliphatic heterocycles. The lowest BCUT2D eigenvalue weighted by molar-refractivity contribution is 0.0957. The van der Waals surface area contributed by atoms with Gasteiger partial charge in [0.25, 0.3) is 0 Å². The fraction of sp³-hybridized carbons (Fsp3) is 0.538. The third-order valence-electron chi connectivity index (χ3n) is 2.81. The van der Waals surface area contributed by atoms with Crippen LogP contribution in [-0.2, 0) is 0 Å². The zero-order valence-corrected chi connectivity index (χ0v) is 10.2. The highest BCUT2D eigenvalue weighted by Crippen LogP contribution is 2.17. The molecule has 1 aromatic rings. The van der Waals surface area contributed by atoms with Crippen LogP contribution in [0.3, 0.4) is 0 Å². The van der Waals surface area contributed by atoms with E-state index in [4.69, 9.17) is 0 Å². The minimum Gasteiger partial charge on any atom is -0.394 e. The van der Waals surface area contributed by atoms with Crippen molar-refractivity contribution >= 4 is 0 Å². The molecule has 0 aliphatic rings. The van der Waals surface area contributed by atoms with Crippen LogP contribution in [0.1, 0.15) is 31.0 Å². The SMILES string of the molecule is Cc1cccc(C(C)NC(C)(CO)CO)c1. The van der Waals surface area contributed by atoms with Crippen LogP contribution in [0.15, 0.2) is 24.3 Å². The summed E-state index contributed by atoms with van der Waals surface area (Å²) in [5.41, 5.74) is 1.73. The average Bonchev–Trinajstić information content (AvgIpc) is 2.29. The molecule has 0 heterocycles. The number of aryl methyl sites for hydroxylation is 1. The number of hydrogen-bond donors (Lipinski definition) is 3. The average molecular weight is 223 g/mol. The van der Waals surface area contributed by atoms with Crippen molar-refractivity contribution in [1.29, 1.82) is 0 Å². The number of aliphatic hydroxyl groups is 2. The molecule has 0 bridgehead atoms. The van der Waals surface area contributed by atoms with Gasteiger partial charge >= 0.3 is 0 Å². The third-order valence-corrected chi connectivity index (χ3v) is 2.81. The summed E-state index contributed by atoms with van der Waals surface area (Å²) in [5.74, 6) is 0. The highest BCUT2D eigenvalue weighted by Gasteiger charge is 2.24. The van der Waals surface area contributed by atoms with Crippen LogP contribution in [0.2, 0.25) is 0 Å². The zero-order chi connectivity index (χ0) is 12.2. The number of benzene rings is 1. The molecule has 0 aromatic heterocycles. The van der Waals surface area contributed by atoms with Crippen molar-refractivity contribution < 1.29 is 10.2 Å². The van der Waals surface area contributed by atoms with Crippen LogP contribution in [0.25, 0.3) is 0 Å². The fourth-order valence-corrected chi connectivity index (χ4v) is 1.69. The Morgan fingerprint density at radius 2 is 1.94 bits per heavy atom. The quantitative estimate of drug-likeness (QED) is 0.707. The molecule has 0 fully saturated rings. The van der Waals surface area contributed by atoms with Gasteiger partial charge < -0.3 is 15.5 Å². The second kappa shape index (κ2) is 5.43. The smallest absolute Gasteiger partial charge is 0.0633 e. The summed E-state index contributed by atoms with van der Waals surface area (Å²) in [7, 11) is 0. The monoisotopic (exact) mass is 223 g/mol. The Kier molecular flexibility index (Phi) is 4.47. The van der Waals surface area contributed by atoms with Crippen LogP contribution in [0.4, 0.5) is 0 Å². The normalized spacial score (nSPS) is 13.8. The molecule has 1 aromatic carbocycles. The van der Waals surface area contributed by atoms with E-state index in [0.717, 1.165) is 5.56 Å². The maximum atomic E-state index is 9.21. The molecule has 3 heteroatoms. The summed E-state index contributed by atoms with van der Waals surface area (Å²) in [6.45, 7) is 5.71. The Balaban J connectivity index is 2.75. The molecular formula is C13H21NO2. The van der Waals surface area contributed by atoms with E-state index in [1.54, 1.807) is 6.92 Å². The summed E-state index contributed by atoms with van der Waals surface area (Å²) in [6, 6.07) is 8.31. The van der Waals surface area contributed by atoms with Crippen molar-refractivity contribution in [2.45, 2.75) is 32.4 Å². The van der Waals surface area contributed by atoms with E-state index in [1.165, 1.54) is 5.56 Å². The maximum Gasteiger partial charge on any atom is 0.0633 e. The van der Waals surface area contributed by atoms with Gasteiger partial charge in [0.15, 0.2) is 0 Å². The molecule has 0 radical (unpaired) electrons. The van der Waals surface area contributed by atoms with Crippen molar-refractivity contribution in [3.05, 3.63) is 35.4 Å². The largest absolute Gasteiger partial charge is 0.394 e. The molecule has 1 unspecified atom stereocenters. The summed E-state index contributed by atoms with van der Waals surface area (Å²) < 4.78 is 0. The third kappa shape index (κ3) is 3.30. The molecule has 3 N–H and O–H groups in total. The first-order chi connectivity index (χ1) is 7.50. The van der Waals surface area contributed by atoms with Crippen LogP contribution in [-0.4, -0.2) is 29.0 Å². The van der Waals surface area contributed by atoms with Gasteiger partial charge in [0.05, 0.1) is 18.8 Å². The molecule has 90 valence electrons. The summed E-state index contributed by atoms with van der Waals surface area (Å²) >= 11 is 0. The number of hydrogen-bond acceptors (Lipinski definition) is 3. The summed E-state index contributed by atoms with van der Waals surface area (Å²) in [6.07, 6.45) is 0. The van der Waals surface area contributed by atoms with Crippen molar-refractivity contribution in [1.82, 2.24) is 5.32 Å². The van der Waals surface area contributed by atoms with Gasteiger partial charge in [-0.2, -0.15) is 0 Å².